The lowest BCUT2D eigenvalue weighted by Crippen LogP contribution is -2.35. The molecular weight excluding hydrogens is 260 g/mol. The number of anilines is 1. The highest BCUT2D eigenvalue weighted by atomic mass is 32.2. The summed E-state index contributed by atoms with van der Waals surface area (Å²) in [6.07, 6.45) is 1.62. The van der Waals surface area contributed by atoms with E-state index in [9.17, 15) is 8.42 Å². The fourth-order valence-electron chi connectivity index (χ4n) is 2.56. The quantitative estimate of drug-likeness (QED) is 0.925. The molecule has 1 aliphatic rings. The van der Waals surface area contributed by atoms with E-state index in [1.807, 2.05) is 38.1 Å². The van der Waals surface area contributed by atoms with Crippen LogP contribution < -0.4 is 10.0 Å². The number of fused-ring (bicyclic) bond motifs is 1. The number of sulfonamides is 1. The predicted octanol–water partition coefficient (Wildman–Crippen LogP) is 2.27. The lowest BCUT2D eigenvalue weighted by atomic mass is 10.0. The summed E-state index contributed by atoms with van der Waals surface area (Å²) in [6, 6.07) is 7.50. The van der Waals surface area contributed by atoms with E-state index in [-0.39, 0.29) is 17.7 Å². The molecule has 0 aliphatic carbocycles. The molecule has 0 radical (unpaired) electrons. The van der Waals surface area contributed by atoms with Crippen LogP contribution in [-0.4, -0.2) is 20.7 Å². The topological polar surface area (TPSA) is 63.4 Å². The molecule has 0 saturated heterocycles. The molecule has 1 aromatic rings. The minimum Gasteiger partial charge on any atom is -0.324 e. The zero-order chi connectivity index (χ0) is 14.0. The lowest BCUT2D eigenvalue weighted by molar-refractivity contribution is 0.574. The largest absolute Gasteiger partial charge is 0.324 e. The van der Waals surface area contributed by atoms with Crippen molar-refractivity contribution < 1.29 is 8.42 Å². The minimum absolute atomic E-state index is 0.0737. The van der Waals surface area contributed by atoms with E-state index in [0.717, 1.165) is 24.1 Å². The predicted molar refractivity (Wildman–Crippen MR) is 78.6 cm³/mol. The van der Waals surface area contributed by atoms with Gasteiger partial charge in [-0.1, -0.05) is 32.0 Å². The molecule has 5 heteroatoms. The SMILES string of the molecule is CC(C)CS(=O)(=O)N1CCCC(N)c2ccccc21. The van der Waals surface area contributed by atoms with Crippen LogP contribution in [0.5, 0.6) is 0 Å². The number of para-hydroxylation sites is 1. The monoisotopic (exact) mass is 282 g/mol. The first-order valence-corrected chi connectivity index (χ1v) is 8.37. The summed E-state index contributed by atoms with van der Waals surface area (Å²) < 4.78 is 26.6. The van der Waals surface area contributed by atoms with E-state index in [2.05, 4.69) is 0 Å². The molecule has 0 aromatic heterocycles. The summed E-state index contributed by atoms with van der Waals surface area (Å²) in [5.74, 6) is 0.297. The Balaban J connectivity index is 2.44. The molecule has 1 heterocycles. The number of hydrogen-bond donors (Lipinski definition) is 1. The molecule has 1 aliphatic heterocycles. The zero-order valence-corrected chi connectivity index (χ0v) is 12.4. The van der Waals surface area contributed by atoms with Gasteiger partial charge in [-0.3, -0.25) is 4.31 Å². The average Bonchev–Trinajstić information content (AvgIpc) is 2.48. The van der Waals surface area contributed by atoms with Crippen LogP contribution >= 0.6 is 0 Å². The third kappa shape index (κ3) is 3.09. The first-order chi connectivity index (χ1) is 8.92. The molecule has 0 spiro atoms. The van der Waals surface area contributed by atoms with Crippen LogP contribution in [-0.2, 0) is 10.0 Å². The smallest absolute Gasteiger partial charge is 0.235 e. The van der Waals surface area contributed by atoms with Gasteiger partial charge < -0.3 is 5.73 Å². The molecule has 2 rings (SSSR count). The Labute approximate surface area is 115 Å². The highest BCUT2D eigenvalue weighted by Crippen LogP contribution is 2.33. The second kappa shape index (κ2) is 5.51. The molecule has 1 atom stereocenters. The third-order valence-corrected chi connectivity index (χ3v) is 5.50. The number of nitrogens with two attached hydrogens (primary N) is 1. The maximum absolute atomic E-state index is 12.5. The van der Waals surface area contributed by atoms with Crippen LogP contribution in [0.1, 0.15) is 38.3 Å². The normalized spacial score (nSPS) is 20.2. The van der Waals surface area contributed by atoms with Crippen LogP contribution in [0, 0.1) is 5.92 Å². The molecule has 1 unspecified atom stereocenters. The second-order valence-electron chi connectivity index (χ2n) is 5.55. The van der Waals surface area contributed by atoms with E-state index < -0.39 is 10.0 Å². The Hall–Kier alpha value is -1.07. The van der Waals surface area contributed by atoms with Crippen molar-refractivity contribution in [1.29, 1.82) is 0 Å². The molecule has 0 saturated carbocycles. The fraction of sp³-hybridized carbons (Fsp3) is 0.571. The van der Waals surface area contributed by atoms with Gasteiger partial charge in [0.05, 0.1) is 11.4 Å². The van der Waals surface area contributed by atoms with Crippen molar-refractivity contribution in [1.82, 2.24) is 0 Å². The summed E-state index contributed by atoms with van der Waals surface area (Å²) >= 11 is 0. The Morgan fingerprint density at radius 1 is 1.37 bits per heavy atom. The van der Waals surface area contributed by atoms with Crippen molar-refractivity contribution in [3.05, 3.63) is 29.8 Å². The summed E-state index contributed by atoms with van der Waals surface area (Å²) in [5, 5.41) is 0. The van der Waals surface area contributed by atoms with Gasteiger partial charge in [0.1, 0.15) is 0 Å². The molecule has 0 bridgehead atoms. The van der Waals surface area contributed by atoms with E-state index in [4.69, 9.17) is 5.73 Å². The molecule has 2 N–H and O–H groups in total. The number of benzene rings is 1. The van der Waals surface area contributed by atoms with Gasteiger partial charge in [0.25, 0.3) is 0 Å². The molecule has 0 amide bonds. The van der Waals surface area contributed by atoms with Gasteiger partial charge in [-0.25, -0.2) is 8.42 Å². The van der Waals surface area contributed by atoms with Gasteiger partial charge in [0.15, 0.2) is 0 Å². The summed E-state index contributed by atoms with van der Waals surface area (Å²) in [4.78, 5) is 0. The third-order valence-electron chi connectivity index (χ3n) is 3.36. The van der Waals surface area contributed by atoms with Crippen LogP contribution in [0.3, 0.4) is 0 Å². The molecule has 106 valence electrons. The van der Waals surface area contributed by atoms with Gasteiger partial charge in [-0.2, -0.15) is 0 Å². The van der Waals surface area contributed by atoms with Gasteiger partial charge in [0, 0.05) is 12.6 Å². The Bertz CT molecular complexity index is 540. The zero-order valence-electron chi connectivity index (χ0n) is 11.5. The van der Waals surface area contributed by atoms with Gasteiger partial charge in [-0.05, 0) is 30.4 Å². The fourth-order valence-corrected chi connectivity index (χ4v) is 4.45. The Morgan fingerprint density at radius 3 is 2.74 bits per heavy atom. The van der Waals surface area contributed by atoms with Gasteiger partial charge >= 0.3 is 0 Å². The Morgan fingerprint density at radius 2 is 2.05 bits per heavy atom. The van der Waals surface area contributed by atoms with Crippen molar-refractivity contribution in [3.63, 3.8) is 0 Å². The van der Waals surface area contributed by atoms with E-state index in [0.29, 0.717) is 6.54 Å². The number of hydrogen-bond acceptors (Lipinski definition) is 3. The van der Waals surface area contributed by atoms with Gasteiger partial charge in [-0.15, -0.1) is 0 Å². The second-order valence-corrected chi connectivity index (χ2v) is 7.49. The van der Waals surface area contributed by atoms with Gasteiger partial charge in [0.2, 0.25) is 10.0 Å². The Kier molecular flexibility index (Phi) is 4.16. The van der Waals surface area contributed by atoms with Crippen molar-refractivity contribution >= 4 is 15.7 Å². The van der Waals surface area contributed by atoms with Crippen molar-refractivity contribution in [2.24, 2.45) is 11.7 Å². The number of nitrogens with zero attached hydrogens (tertiary/aromatic N) is 1. The first-order valence-electron chi connectivity index (χ1n) is 6.76. The summed E-state index contributed by atoms with van der Waals surface area (Å²) in [7, 11) is -3.26. The van der Waals surface area contributed by atoms with E-state index in [1.54, 1.807) is 4.31 Å². The summed E-state index contributed by atoms with van der Waals surface area (Å²) in [5.41, 5.74) is 7.83. The van der Waals surface area contributed by atoms with Crippen LogP contribution in [0.25, 0.3) is 0 Å². The minimum atomic E-state index is -3.26. The highest BCUT2D eigenvalue weighted by molar-refractivity contribution is 7.92. The van der Waals surface area contributed by atoms with Crippen LogP contribution in [0.4, 0.5) is 5.69 Å². The standard InChI is InChI=1S/C14H22N2O2S/c1-11(2)10-19(17,18)16-9-5-7-13(15)12-6-3-4-8-14(12)16/h3-4,6,8,11,13H,5,7,9-10,15H2,1-2H3. The maximum Gasteiger partial charge on any atom is 0.235 e. The molecule has 4 nitrogen and oxygen atoms in total. The molecule has 19 heavy (non-hydrogen) atoms. The highest BCUT2D eigenvalue weighted by Gasteiger charge is 2.28. The van der Waals surface area contributed by atoms with E-state index >= 15 is 0 Å². The lowest BCUT2D eigenvalue weighted by Gasteiger charge is -2.25. The van der Waals surface area contributed by atoms with Crippen LogP contribution in [0.15, 0.2) is 24.3 Å². The first kappa shape index (κ1) is 14.3. The van der Waals surface area contributed by atoms with Crippen molar-refractivity contribution in [3.8, 4) is 0 Å². The van der Waals surface area contributed by atoms with Crippen molar-refractivity contribution in [2.45, 2.75) is 32.7 Å². The molecular formula is C14H22N2O2S. The molecule has 1 aromatic carbocycles. The maximum atomic E-state index is 12.5. The van der Waals surface area contributed by atoms with Crippen molar-refractivity contribution in [2.75, 3.05) is 16.6 Å². The van der Waals surface area contributed by atoms with Crippen LogP contribution in [0.2, 0.25) is 0 Å². The summed E-state index contributed by atoms with van der Waals surface area (Å²) in [6.45, 7) is 4.37. The average molecular weight is 282 g/mol. The van der Waals surface area contributed by atoms with E-state index in [1.165, 1.54) is 0 Å². The number of rotatable bonds is 3. The molecule has 0 fully saturated rings.